The van der Waals surface area contributed by atoms with Gasteiger partial charge < -0.3 is 0 Å². The van der Waals surface area contributed by atoms with Gasteiger partial charge >= 0.3 is 0 Å². The Balaban J connectivity index is 2.62. The third-order valence-electron chi connectivity index (χ3n) is 2.75. The fraction of sp³-hybridized carbons (Fsp3) is 1.00. The molecule has 1 aliphatic heterocycles. The molecule has 1 heterocycles. The van der Waals surface area contributed by atoms with Gasteiger partial charge in [-0.1, -0.05) is 13.8 Å². The van der Waals surface area contributed by atoms with Crippen molar-refractivity contribution in [2.45, 2.75) is 44.4 Å². The molecule has 3 heteroatoms. The van der Waals surface area contributed by atoms with Crippen molar-refractivity contribution in [3.8, 4) is 0 Å². The Labute approximate surface area is 79.6 Å². The molecular weight excluding hydrogens is 168 g/mol. The lowest BCUT2D eigenvalue weighted by atomic mass is 9.88. The van der Waals surface area contributed by atoms with Crippen LogP contribution in [0.5, 0.6) is 0 Å². The summed E-state index contributed by atoms with van der Waals surface area (Å²) in [6, 6.07) is 0.449. The van der Waals surface area contributed by atoms with Crippen LogP contribution in [-0.4, -0.2) is 16.5 Å². The first-order valence-electron chi connectivity index (χ1n) is 4.70. The Morgan fingerprint density at radius 1 is 1.50 bits per heavy atom. The summed E-state index contributed by atoms with van der Waals surface area (Å²) in [5.41, 5.74) is 2.96. The molecule has 0 radical (unpaired) electrons. The Morgan fingerprint density at radius 3 is 2.50 bits per heavy atom. The smallest absolute Gasteiger partial charge is 0.0377 e. The number of hydrogen-bond acceptors (Lipinski definition) is 3. The quantitative estimate of drug-likeness (QED) is 0.523. The molecule has 0 aromatic heterocycles. The lowest BCUT2D eigenvalue weighted by molar-refractivity contribution is 0.325. The van der Waals surface area contributed by atoms with Gasteiger partial charge in [0.15, 0.2) is 0 Å². The minimum Gasteiger partial charge on any atom is -0.271 e. The van der Waals surface area contributed by atoms with E-state index in [-0.39, 0.29) is 0 Å². The van der Waals surface area contributed by atoms with Gasteiger partial charge in [-0.25, -0.2) is 0 Å². The van der Waals surface area contributed by atoms with Crippen molar-refractivity contribution >= 4 is 11.8 Å². The van der Waals surface area contributed by atoms with E-state index in [0.717, 1.165) is 0 Å². The second-order valence-electron chi connectivity index (χ2n) is 4.15. The fourth-order valence-electron chi connectivity index (χ4n) is 2.12. The zero-order valence-electron chi connectivity index (χ0n) is 8.26. The van der Waals surface area contributed by atoms with Crippen molar-refractivity contribution < 1.29 is 0 Å². The van der Waals surface area contributed by atoms with Crippen LogP contribution in [0.15, 0.2) is 0 Å². The summed E-state index contributed by atoms with van der Waals surface area (Å²) < 4.78 is 0.364. The van der Waals surface area contributed by atoms with Gasteiger partial charge in [0.25, 0.3) is 0 Å². The van der Waals surface area contributed by atoms with Crippen LogP contribution in [0.3, 0.4) is 0 Å². The summed E-state index contributed by atoms with van der Waals surface area (Å²) in [4.78, 5) is 0. The van der Waals surface area contributed by atoms with Crippen molar-refractivity contribution in [3.05, 3.63) is 0 Å². The first-order valence-corrected chi connectivity index (χ1v) is 5.69. The highest BCUT2D eigenvalue weighted by Gasteiger charge is 2.38. The van der Waals surface area contributed by atoms with E-state index >= 15 is 0 Å². The molecule has 12 heavy (non-hydrogen) atoms. The standard InChI is InChI=1S/C9H20N2S/c1-7(2)8(11-10)9(3)5-4-6-12-9/h7-8,11H,4-6,10H2,1-3H3. The SMILES string of the molecule is CC(C)C(NN)C1(C)CCCS1. The highest BCUT2D eigenvalue weighted by Crippen LogP contribution is 2.42. The summed E-state index contributed by atoms with van der Waals surface area (Å²) in [6.45, 7) is 6.79. The lowest BCUT2D eigenvalue weighted by Gasteiger charge is -2.35. The van der Waals surface area contributed by atoms with Crippen LogP contribution in [0, 0.1) is 5.92 Å². The van der Waals surface area contributed by atoms with E-state index in [0.29, 0.717) is 16.7 Å². The molecule has 0 bridgehead atoms. The molecule has 1 fully saturated rings. The van der Waals surface area contributed by atoms with Gasteiger partial charge in [-0.2, -0.15) is 11.8 Å². The molecule has 1 rings (SSSR count). The van der Waals surface area contributed by atoms with Gasteiger partial charge in [0, 0.05) is 10.8 Å². The Bertz CT molecular complexity index is 141. The average molecular weight is 188 g/mol. The van der Waals surface area contributed by atoms with E-state index in [1.54, 1.807) is 0 Å². The van der Waals surface area contributed by atoms with E-state index in [9.17, 15) is 0 Å². The van der Waals surface area contributed by atoms with Crippen molar-refractivity contribution in [1.29, 1.82) is 0 Å². The second-order valence-corrected chi connectivity index (χ2v) is 5.78. The minimum absolute atomic E-state index is 0.364. The molecule has 0 aromatic rings. The van der Waals surface area contributed by atoms with Crippen molar-refractivity contribution in [2.75, 3.05) is 5.75 Å². The highest BCUT2D eigenvalue weighted by atomic mass is 32.2. The molecule has 2 unspecified atom stereocenters. The topological polar surface area (TPSA) is 38.0 Å². The third kappa shape index (κ3) is 1.95. The fourth-order valence-corrected chi connectivity index (χ4v) is 3.68. The molecule has 72 valence electrons. The molecule has 0 aliphatic carbocycles. The van der Waals surface area contributed by atoms with Gasteiger partial charge in [-0.05, 0) is 31.4 Å². The zero-order valence-corrected chi connectivity index (χ0v) is 9.08. The van der Waals surface area contributed by atoms with E-state index in [4.69, 9.17) is 5.84 Å². The van der Waals surface area contributed by atoms with Crippen molar-refractivity contribution in [3.63, 3.8) is 0 Å². The summed E-state index contributed by atoms with van der Waals surface area (Å²) in [6.07, 6.45) is 2.64. The summed E-state index contributed by atoms with van der Waals surface area (Å²) in [5.74, 6) is 7.48. The molecule has 0 aromatic carbocycles. The maximum atomic E-state index is 5.58. The monoisotopic (exact) mass is 188 g/mol. The van der Waals surface area contributed by atoms with Crippen molar-refractivity contribution in [2.24, 2.45) is 11.8 Å². The first kappa shape index (κ1) is 10.4. The number of thioether (sulfide) groups is 1. The number of hydrogen-bond donors (Lipinski definition) is 2. The Morgan fingerprint density at radius 2 is 2.17 bits per heavy atom. The molecular formula is C9H20N2S. The number of nitrogens with one attached hydrogen (secondary N) is 1. The Hall–Kier alpha value is 0.270. The number of nitrogens with two attached hydrogens (primary N) is 1. The van der Waals surface area contributed by atoms with E-state index in [1.165, 1.54) is 18.6 Å². The first-order chi connectivity index (χ1) is 5.60. The van der Waals surface area contributed by atoms with Crippen LogP contribution in [0.1, 0.15) is 33.6 Å². The van der Waals surface area contributed by atoms with E-state index < -0.39 is 0 Å². The van der Waals surface area contributed by atoms with Crippen LogP contribution in [0.25, 0.3) is 0 Å². The van der Waals surface area contributed by atoms with Gasteiger partial charge in [0.05, 0.1) is 0 Å². The minimum atomic E-state index is 0.364. The lowest BCUT2D eigenvalue weighted by Crippen LogP contribution is -2.51. The van der Waals surface area contributed by atoms with Crippen LogP contribution in [0.4, 0.5) is 0 Å². The van der Waals surface area contributed by atoms with Crippen LogP contribution < -0.4 is 11.3 Å². The molecule has 0 saturated carbocycles. The van der Waals surface area contributed by atoms with Crippen LogP contribution in [0.2, 0.25) is 0 Å². The number of hydrazine groups is 1. The van der Waals surface area contributed by atoms with E-state index in [2.05, 4.69) is 38.0 Å². The van der Waals surface area contributed by atoms with Gasteiger partial charge in [0.1, 0.15) is 0 Å². The van der Waals surface area contributed by atoms with Crippen LogP contribution in [-0.2, 0) is 0 Å². The van der Waals surface area contributed by atoms with Crippen LogP contribution >= 0.6 is 11.8 Å². The maximum absolute atomic E-state index is 5.58. The summed E-state index contributed by atoms with van der Waals surface area (Å²) in [5, 5.41) is 0. The Kier molecular flexibility index (Phi) is 3.44. The largest absolute Gasteiger partial charge is 0.271 e. The van der Waals surface area contributed by atoms with Gasteiger partial charge in [0.2, 0.25) is 0 Å². The van der Waals surface area contributed by atoms with Gasteiger partial charge in [-0.3, -0.25) is 11.3 Å². The molecule has 3 N–H and O–H groups in total. The average Bonchev–Trinajstić information content (AvgIpc) is 2.37. The molecule has 2 nitrogen and oxygen atoms in total. The molecule has 1 saturated heterocycles. The second kappa shape index (κ2) is 3.99. The summed E-state index contributed by atoms with van der Waals surface area (Å²) >= 11 is 2.06. The van der Waals surface area contributed by atoms with Gasteiger partial charge in [-0.15, -0.1) is 0 Å². The maximum Gasteiger partial charge on any atom is 0.0377 e. The van der Waals surface area contributed by atoms with Crippen molar-refractivity contribution in [1.82, 2.24) is 5.43 Å². The molecule has 0 spiro atoms. The highest BCUT2D eigenvalue weighted by molar-refractivity contribution is 8.00. The predicted molar refractivity (Wildman–Crippen MR) is 56.0 cm³/mol. The molecule has 2 atom stereocenters. The predicted octanol–water partition coefficient (Wildman–Crippen LogP) is 1.76. The third-order valence-corrected chi connectivity index (χ3v) is 4.36. The van der Waals surface area contributed by atoms with E-state index in [1.807, 2.05) is 0 Å². The normalized spacial score (nSPS) is 32.8. The molecule has 1 aliphatic rings. The number of rotatable bonds is 3. The molecule has 0 amide bonds. The summed E-state index contributed by atoms with van der Waals surface area (Å²) in [7, 11) is 0. The zero-order chi connectivity index (χ0) is 9.19.